The molecule has 0 heterocycles. The minimum Gasteiger partial charge on any atom is -0.392 e. The molecule has 0 unspecified atom stereocenters. The average molecular weight is 251 g/mol. The molecule has 72 valence electrons. The van der Waals surface area contributed by atoms with Gasteiger partial charge < -0.3 is 5.11 Å². The van der Waals surface area contributed by atoms with Crippen LogP contribution in [0.4, 0.5) is 0 Å². The lowest BCUT2D eigenvalue weighted by molar-refractivity contribution is 0.282. The predicted molar refractivity (Wildman–Crippen MR) is 62.5 cm³/mol. The molecule has 2 aromatic carbocycles. The second kappa shape index (κ2) is 4.11. The number of halogens is 1. The van der Waals surface area contributed by atoms with Gasteiger partial charge in [-0.2, -0.15) is 0 Å². The van der Waals surface area contributed by atoms with E-state index in [1.165, 1.54) is 16.3 Å². The van der Waals surface area contributed by atoms with Crippen molar-refractivity contribution in [3.63, 3.8) is 0 Å². The summed E-state index contributed by atoms with van der Waals surface area (Å²) in [4.78, 5) is 0. The molecule has 2 heteroatoms. The fourth-order valence-electron chi connectivity index (χ4n) is 1.53. The smallest absolute Gasteiger partial charge is 0.0682 e. The molecule has 14 heavy (non-hydrogen) atoms. The monoisotopic (exact) mass is 250 g/mol. The number of rotatable bonds is 2. The summed E-state index contributed by atoms with van der Waals surface area (Å²) in [5, 5.41) is 12.3. The van der Waals surface area contributed by atoms with Crippen LogP contribution in [0.2, 0.25) is 0 Å². The van der Waals surface area contributed by atoms with Crippen molar-refractivity contribution in [2.24, 2.45) is 0 Å². The Kier molecular flexibility index (Phi) is 2.85. The van der Waals surface area contributed by atoms with Gasteiger partial charge >= 0.3 is 0 Å². The molecular weight excluding hydrogens is 240 g/mol. The van der Waals surface area contributed by atoms with E-state index < -0.39 is 0 Å². The largest absolute Gasteiger partial charge is 0.392 e. The Morgan fingerprint density at radius 2 is 1.57 bits per heavy atom. The molecule has 1 N–H and O–H groups in total. The number of benzene rings is 2. The van der Waals surface area contributed by atoms with Gasteiger partial charge in [-0.15, -0.1) is 0 Å². The lowest BCUT2D eigenvalue weighted by Crippen LogP contribution is -1.84. The maximum absolute atomic E-state index is 9.01. The van der Waals surface area contributed by atoms with Gasteiger partial charge in [0.05, 0.1) is 6.61 Å². The Morgan fingerprint density at radius 1 is 0.929 bits per heavy atom. The maximum Gasteiger partial charge on any atom is 0.0682 e. The van der Waals surface area contributed by atoms with E-state index in [1.807, 2.05) is 18.2 Å². The topological polar surface area (TPSA) is 20.2 Å². The highest BCUT2D eigenvalue weighted by Crippen LogP contribution is 2.19. The van der Waals surface area contributed by atoms with E-state index in [1.54, 1.807) is 0 Å². The number of fused-ring (bicyclic) bond motifs is 1. The highest BCUT2D eigenvalue weighted by atomic mass is 79.9. The molecule has 0 amide bonds. The zero-order chi connectivity index (χ0) is 9.97. The van der Waals surface area contributed by atoms with E-state index >= 15 is 0 Å². The number of aliphatic hydroxyl groups is 1. The number of hydrogen-bond donors (Lipinski definition) is 1. The Labute approximate surface area is 91.5 Å². The van der Waals surface area contributed by atoms with Crippen LogP contribution in [0.3, 0.4) is 0 Å². The van der Waals surface area contributed by atoms with Gasteiger partial charge in [0.2, 0.25) is 0 Å². The maximum atomic E-state index is 9.01. The van der Waals surface area contributed by atoms with E-state index in [9.17, 15) is 0 Å². The molecule has 1 nitrogen and oxygen atoms in total. The van der Waals surface area contributed by atoms with Crippen molar-refractivity contribution >= 4 is 26.7 Å². The second-order valence-corrected chi connectivity index (χ2v) is 3.87. The molecule has 0 radical (unpaired) electrons. The van der Waals surface area contributed by atoms with Crippen molar-refractivity contribution in [3.8, 4) is 0 Å². The van der Waals surface area contributed by atoms with Crippen LogP contribution < -0.4 is 0 Å². The fraction of sp³-hybridized carbons (Fsp3) is 0.167. The summed E-state index contributed by atoms with van der Waals surface area (Å²) < 4.78 is 0. The molecule has 0 bridgehead atoms. The first kappa shape index (κ1) is 9.69. The summed E-state index contributed by atoms with van der Waals surface area (Å²) in [6, 6.07) is 12.4. The minimum atomic E-state index is 0.106. The number of hydrogen-bond acceptors (Lipinski definition) is 1. The van der Waals surface area contributed by atoms with Crippen LogP contribution in [0.25, 0.3) is 10.8 Å². The van der Waals surface area contributed by atoms with Crippen molar-refractivity contribution in [2.45, 2.75) is 11.9 Å². The van der Waals surface area contributed by atoms with Crippen LogP contribution in [0, 0.1) is 0 Å². The van der Waals surface area contributed by atoms with Crippen LogP contribution in [0.15, 0.2) is 36.4 Å². The highest BCUT2D eigenvalue weighted by molar-refractivity contribution is 9.08. The van der Waals surface area contributed by atoms with Gasteiger partial charge in [0.1, 0.15) is 0 Å². The van der Waals surface area contributed by atoms with Crippen molar-refractivity contribution in [2.75, 3.05) is 0 Å². The van der Waals surface area contributed by atoms with E-state index in [2.05, 4.69) is 34.1 Å². The molecule has 0 aliphatic heterocycles. The number of aliphatic hydroxyl groups excluding tert-OH is 1. The van der Waals surface area contributed by atoms with Crippen molar-refractivity contribution in [1.29, 1.82) is 0 Å². The van der Waals surface area contributed by atoms with Crippen molar-refractivity contribution in [3.05, 3.63) is 47.5 Å². The standard InChI is InChI=1S/C12H11BrO/c13-7-9-1-3-11-4-2-10(8-14)6-12(11)5-9/h1-6,14H,7-8H2. The zero-order valence-corrected chi connectivity index (χ0v) is 9.29. The molecule has 0 aliphatic rings. The first-order valence-electron chi connectivity index (χ1n) is 4.52. The summed E-state index contributed by atoms with van der Waals surface area (Å²) in [6.07, 6.45) is 0. The van der Waals surface area contributed by atoms with Gasteiger partial charge in [-0.05, 0) is 28.0 Å². The van der Waals surface area contributed by atoms with E-state index in [4.69, 9.17) is 5.11 Å². The molecule has 0 aromatic heterocycles. The average Bonchev–Trinajstić information content (AvgIpc) is 2.27. The molecule has 0 saturated carbocycles. The first-order valence-corrected chi connectivity index (χ1v) is 5.64. The van der Waals surface area contributed by atoms with Gasteiger partial charge in [-0.25, -0.2) is 0 Å². The van der Waals surface area contributed by atoms with Crippen LogP contribution in [-0.4, -0.2) is 5.11 Å². The summed E-state index contributed by atoms with van der Waals surface area (Å²) in [7, 11) is 0. The first-order chi connectivity index (χ1) is 6.83. The summed E-state index contributed by atoms with van der Waals surface area (Å²) >= 11 is 3.43. The summed E-state index contributed by atoms with van der Waals surface area (Å²) in [5.74, 6) is 0. The Morgan fingerprint density at radius 3 is 2.21 bits per heavy atom. The zero-order valence-electron chi connectivity index (χ0n) is 7.70. The normalized spacial score (nSPS) is 10.7. The summed E-state index contributed by atoms with van der Waals surface area (Å²) in [5.41, 5.74) is 2.22. The highest BCUT2D eigenvalue weighted by Gasteiger charge is 1.97. The third kappa shape index (κ3) is 1.81. The van der Waals surface area contributed by atoms with E-state index in [0.29, 0.717) is 0 Å². The minimum absolute atomic E-state index is 0.106. The van der Waals surface area contributed by atoms with Crippen LogP contribution >= 0.6 is 15.9 Å². The Hall–Kier alpha value is -0.860. The third-order valence-corrected chi connectivity index (χ3v) is 2.95. The van der Waals surface area contributed by atoms with E-state index in [0.717, 1.165) is 10.9 Å². The Balaban J connectivity index is 2.60. The quantitative estimate of drug-likeness (QED) is 0.812. The molecule has 0 spiro atoms. The SMILES string of the molecule is OCc1ccc2ccc(CBr)cc2c1. The Bertz CT molecular complexity index is 412. The molecule has 0 saturated heterocycles. The van der Waals surface area contributed by atoms with Crippen LogP contribution in [0.1, 0.15) is 11.1 Å². The van der Waals surface area contributed by atoms with E-state index in [-0.39, 0.29) is 6.61 Å². The van der Waals surface area contributed by atoms with Gasteiger partial charge in [-0.1, -0.05) is 46.3 Å². The van der Waals surface area contributed by atoms with Gasteiger partial charge in [0.25, 0.3) is 0 Å². The molecule has 0 atom stereocenters. The molecule has 2 rings (SSSR count). The lowest BCUT2D eigenvalue weighted by Gasteiger charge is -2.02. The molecule has 0 aliphatic carbocycles. The number of alkyl halides is 1. The van der Waals surface area contributed by atoms with Crippen molar-refractivity contribution < 1.29 is 5.11 Å². The third-order valence-electron chi connectivity index (χ3n) is 2.31. The van der Waals surface area contributed by atoms with Crippen LogP contribution in [-0.2, 0) is 11.9 Å². The lowest BCUT2D eigenvalue weighted by atomic mass is 10.1. The fourth-order valence-corrected chi connectivity index (χ4v) is 1.88. The van der Waals surface area contributed by atoms with Gasteiger partial charge in [0, 0.05) is 5.33 Å². The molecule has 2 aromatic rings. The summed E-state index contributed by atoms with van der Waals surface area (Å²) in [6.45, 7) is 0.106. The van der Waals surface area contributed by atoms with Crippen LogP contribution in [0.5, 0.6) is 0 Å². The second-order valence-electron chi connectivity index (χ2n) is 3.31. The van der Waals surface area contributed by atoms with Gasteiger partial charge in [0.15, 0.2) is 0 Å². The molecule has 0 fully saturated rings. The molecular formula is C12H11BrO. The predicted octanol–water partition coefficient (Wildman–Crippen LogP) is 3.23. The van der Waals surface area contributed by atoms with Crippen molar-refractivity contribution in [1.82, 2.24) is 0 Å². The van der Waals surface area contributed by atoms with Gasteiger partial charge in [-0.3, -0.25) is 0 Å².